The van der Waals surface area contributed by atoms with Gasteiger partial charge in [-0.3, -0.25) is 4.79 Å². The lowest BCUT2D eigenvalue weighted by Gasteiger charge is -2.17. The maximum Gasteiger partial charge on any atom is 0.356 e. The van der Waals surface area contributed by atoms with Gasteiger partial charge in [-0.15, -0.1) is 0 Å². The first kappa shape index (κ1) is 14.6. The highest BCUT2D eigenvalue weighted by atomic mass is 16.4. The number of aromatic nitrogens is 2. The quantitative estimate of drug-likeness (QED) is 0.685. The summed E-state index contributed by atoms with van der Waals surface area (Å²) in [4.78, 5) is 40.4. The van der Waals surface area contributed by atoms with E-state index in [1.807, 2.05) is 0 Å². The minimum Gasteiger partial charge on any atom is -0.480 e. The van der Waals surface area contributed by atoms with Gasteiger partial charge in [-0.1, -0.05) is 13.8 Å². The highest BCUT2D eigenvalue weighted by Crippen LogP contribution is 2.03. The Kier molecular flexibility index (Phi) is 4.51. The minimum atomic E-state index is -1.26. The first-order valence-electron chi connectivity index (χ1n) is 5.42. The van der Waals surface area contributed by atoms with E-state index in [2.05, 4.69) is 15.3 Å². The fourth-order valence-corrected chi connectivity index (χ4v) is 1.28. The van der Waals surface area contributed by atoms with Crippen molar-refractivity contribution in [1.29, 1.82) is 0 Å². The van der Waals surface area contributed by atoms with Gasteiger partial charge < -0.3 is 15.5 Å². The molecular weight excluding hydrogens is 254 g/mol. The third-order valence-corrected chi connectivity index (χ3v) is 2.32. The molecule has 0 saturated carbocycles. The zero-order valence-electron chi connectivity index (χ0n) is 10.3. The molecule has 0 spiro atoms. The number of hydrogen-bond donors (Lipinski definition) is 3. The summed E-state index contributed by atoms with van der Waals surface area (Å²) < 4.78 is 0. The number of aliphatic carboxylic acids is 1. The molecule has 0 saturated heterocycles. The number of hydrogen-bond acceptors (Lipinski definition) is 5. The Morgan fingerprint density at radius 3 is 2.00 bits per heavy atom. The Labute approximate surface area is 108 Å². The molecule has 1 atom stereocenters. The van der Waals surface area contributed by atoms with Crippen molar-refractivity contribution in [2.45, 2.75) is 19.9 Å². The van der Waals surface area contributed by atoms with E-state index in [0.29, 0.717) is 0 Å². The van der Waals surface area contributed by atoms with E-state index in [1.54, 1.807) is 13.8 Å². The lowest BCUT2D eigenvalue weighted by atomic mass is 10.0. The number of carbonyl (C=O) groups is 3. The molecule has 19 heavy (non-hydrogen) atoms. The van der Waals surface area contributed by atoms with Crippen molar-refractivity contribution in [1.82, 2.24) is 15.3 Å². The van der Waals surface area contributed by atoms with Crippen molar-refractivity contribution < 1.29 is 24.6 Å². The summed E-state index contributed by atoms with van der Waals surface area (Å²) in [5.41, 5.74) is -0.438. The van der Waals surface area contributed by atoms with Gasteiger partial charge in [0.05, 0.1) is 12.4 Å². The smallest absolute Gasteiger partial charge is 0.356 e. The molecule has 1 heterocycles. The molecule has 0 aliphatic heterocycles. The van der Waals surface area contributed by atoms with Crippen LogP contribution in [0.3, 0.4) is 0 Å². The SMILES string of the molecule is CC(C)[C@@H](NC(=O)c1cnc(C(=O)O)cn1)C(=O)O. The molecule has 0 radical (unpaired) electrons. The van der Waals surface area contributed by atoms with Gasteiger partial charge in [-0.2, -0.15) is 0 Å². The van der Waals surface area contributed by atoms with Crippen LogP contribution >= 0.6 is 0 Å². The number of nitrogens with zero attached hydrogens (tertiary/aromatic N) is 2. The highest BCUT2D eigenvalue weighted by Gasteiger charge is 2.24. The molecule has 0 aliphatic rings. The van der Waals surface area contributed by atoms with E-state index in [4.69, 9.17) is 10.2 Å². The monoisotopic (exact) mass is 267 g/mol. The Morgan fingerprint density at radius 1 is 1.11 bits per heavy atom. The lowest BCUT2D eigenvalue weighted by Crippen LogP contribution is -2.44. The zero-order valence-corrected chi connectivity index (χ0v) is 10.3. The van der Waals surface area contributed by atoms with E-state index in [0.717, 1.165) is 12.4 Å². The Morgan fingerprint density at radius 2 is 1.63 bits per heavy atom. The molecule has 1 aromatic rings. The molecule has 1 rings (SSSR count). The average molecular weight is 267 g/mol. The van der Waals surface area contributed by atoms with Crippen molar-refractivity contribution in [3.8, 4) is 0 Å². The van der Waals surface area contributed by atoms with Crippen LogP contribution in [0.25, 0.3) is 0 Å². The summed E-state index contributed by atoms with van der Waals surface area (Å²) in [6, 6.07) is -1.05. The fourth-order valence-electron chi connectivity index (χ4n) is 1.28. The molecule has 1 aromatic heterocycles. The van der Waals surface area contributed by atoms with Gasteiger partial charge in [0.1, 0.15) is 11.7 Å². The van der Waals surface area contributed by atoms with Gasteiger partial charge >= 0.3 is 11.9 Å². The van der Waals surface area contributed by atoms with Crippen LogP contribution in [0.15, 0.2) is 12.4 Å². The van der Waals surface area contributed by atoms with Crippen LogP contribution in [0.5, 0.6) is 0 Å². The minimum absolute atomic E-state index is 0.142. The first-order chi connectivity index (χ1) is 8.82. The number of carboxylic acid groups (broad SMARTS) is 2. The Balaban J connectivity index is 2.83. The largest absolute Gasteiger partial charge is 0.480 e. The van der Waals surface area contributed by atoms with Gasteiger partial charge in [0.2, 0.25) is 0 Å². The Hall–Kier alpha value is -2.51. The second-order valence-electron chi connectivity index (χ2n) is 4.13. The fraction of sp³-hybridized carbons (Fsp3) is 0.364. The molecule has 0 bridgehead atoms. The maximum absolute atomic E-state index is 11.7. The molecule has 0 aliphatic carbocycles. The number of nitrogens with one attached hydrogen (secondary N) is 1. The van der Waals surface area contributed by atoms with Gasteiger partial charge in [-0.05, 0) is 5.92 Å². The molecular formula is C11H13N3O5. The summed E-state index contributed by atoms with van der Waals surface area (Å²) in [6.07, 6.45) is 1.92. The van der Waals surface area contributed by atoms with E-state index in [9.17, 15) is 14.4 Å². The van der Waals surface area contributed by atoms with Crippen molar-refractivity contribution in [3.63, 3.8) is 0 Å². The van der Waals surface area contributed by atoms with Gasteiger partial charge in [-0.25, -0.2) is 19.6 Å². The molecule has 0 unspecified atom stereocenters. The number of amides is 1. The molecule has 0 fully saturated rings. The van der Waals surface area contributed by atoms with Crippen molar-refractivity contribution in [2.75, 3.05) is 0 Å². The van der Waals surface area contributed by atoms with Crippen LogP contribution < -0.4 is 5.32 Å². The normalized spacial score (nSPS) is 11.9. The molecule has 8 nitrogen and oxygen atoms in total. The predicted molar refractivity (Wildman–Crippen MR) is 62.7 cm³/mol. The second-order valence-corrected chi connectivity index (χ2v) is 4.13. The second kappa shape index (κ2) is 5.89. The summed E-state index contributed by atoms with van der Waals surface area (Å²) in [5.74, 6) is -3.43. The van der Waals surface area contributed by atoms with Crippen LogP contribution in [0.1, 0.15) is 34.8 Å². The van der Waals surface area contributed by atoms with E-state index < -0.39 is 23.9 Å². The van der Waals surface area contributed by atoms with Crippen LogP contribution in [-0.4, -0.2) is 44.1 Å². The van der Waals surface area contributed by atoms with E-state index in [1.165, 1.54) is 0 Å². The molecule has 8 heteroatoms. The third-order valence-electron chi connectivity index (χ3n) is 2.32. The number of carboxylic acids is 2. The standard InChI is InChI=1S/C11H13N3O5/c1-5(2)8(11(18)19)14-9(15)6-3-13-7(4-12-6)10(16)17/h3-5,8H,1-2H3,(H,14,15)(H,16,17)(H,18,19)/t8-/m1/s1. The summed E-state index contributed by atoms with van der Waals surface area (Å²) in [7, 11) is 0. The van der Waals surface area contributed by atoms with Crippen LogP contribution in [-0.2, 0) is 4.79 Å². The number of aromatic carboxylic acids is 1. The number of carbonyl (C=O) groups excluding carboxylic acids is 1. The highest BCUT2D eigenvalue weighted by molar-refractivity contribution is 5.95. The topological polar surface area (TPSA) is 129 Å². The summed E-state index contributed by atoms with van der Waals surface area (Å²) in [5, 5.41) is 19.8. The van der Waals surface area contributed by atoms with Crippen LogP contribution in [0.4, 0.5) is 0 Å². The summed E-state index contributed by atoms with van der Waals surface area (Å²) in [6.45, 7) is 3.30. The molecule has 0 aromatic carbocycles. The molecule has 1 amide bonds. The zero-order chi connectivity index (χ0) is 14.6. The first-order valence-corrected chi connectivity index (χ1v) is 5.42. The molecule has 3 N–H and O–H groups in total. The predicted octanol–water partition coefficient (Wildman–Crippen LogP) is 0.0138. The van der Waals surface area contributed by atoms with Gasteiger partial charge in [0.15, 0.2) is 5.69 Å². The third kappa shape index (κ3) is 3.73. The van der Waals surface area contributed by atoms with Gasteiger partial charge in [0, 0.05) is 0 Å². The average Bonchev–Trinajstić information content (AvgIpc) is 2.34. The van der Waals surface area contributed by atoms with Crippen LogP contribution in [0.2, 0.25) is 0 Å². The number of rotatable bonds is 5. The van der Waals surface area contributed by atoms with Crippen molar-refractivity contribution in [2.24, 2.45) is 5.92 Å². The maximum atomic E-state index is 11.7. The molecule has 102 valence electrons. The summed E-state index contributed by atoms with van der Waals surface area (Å²) >= 11 is 0. The Bertz CT molecular complexity index is 498. The van der Waals surface area contributed by atoms with E-state index in [-0.39, 0.29) is 17.3 Å². The lowest BCUT2D eigenvalue weighted by molar-refractivity contribution is -0.140. The van der Waals surface area contributed by atoms with Crippen LogP contribution in [0, 0.1) is 5.92 Å². The van der Waals surface area contributed by atoms with Crippen molar-refractivity contribution >= 4 is 17.8 Å². The van der Waals surface area contributed by atoms with E-state index >= 15 is 0 Å². The van der Waals surface area contributed by atoms with Crippen molar-refractivity contribution in [3.05, 3.63) is 23.8 Å². The van der Waals surface area contributed by atoms with Gasteiger partial charge in [0.25, 0.3) is 5.91 Å².